The zero-order valence-electron chi connectivity index (χ0n) is 42.4. The molecule has 26 heteroatoms. The predicted molar refractivity (Wildman–Crippen MR) is 278 cm³/mol. The second kappa shape index (κ2) is 30.0. The number of carbonyl (C=O) groups is 10. The summed E-state index contributed by atoms with van der Waals surface area (Å²) in [5, 5.41) is 16.1. The van der Waals surface area contributed by atoms with Gasteiger partial charge in [0.15, 0.2) is 17.7 Å². The zero-order valence-corrected chi connectivity index (χ0v) is 42.4. The number of benzene rings is 2. The average Bonchev–Trinajstić information content (AvgIpc) is 3.76. The van der Waals surface area contributed by atoms with Gasteiger partial charge in [-0.25, -0.2) is 4.39 Å². The lowest BCUT2D eigenvalue weighted by Gasteiger charge is -2.27. The number of H-pyrrole nitrogens is 1. The average molecular weight is 1060 g/mol. The number of fused-ring (bicyclic) bond motifs is 1. The van der Waals surface area contributed by atoms with Crippen molar-refractivity contribution in [3.63, 3.8) is 0 Å². The van der Waals surface area contributed by atoms with Crippen molar-refractivity contribution in [1.29, 1.82) is 0 Å². The second-order valence-corrected chi connectivity index (χ2v) is 18.6. The Labute approximate surface area is 437 Å². The standard InChI is InChI=1S/C50H70FN15O10/c1-27(67)62-36(14-8-20-60-50(56)57)46(74)64-37-15-7-18-58-43(71)17-16-35(44(53)72)63-45(73)30(21-31-26-61-34-13-5-3-11-32(31)34)24-40(68)29(10-6-19-59-49(54)55)23-41(69)38(22-28-9-2-4-12-33(28)51)65-48(76)39(25-42(52)70)66-47(37)75/h2-5,9,11-13,26,29-30,35-39,61H,6-8,10,14-25H2,1H3,(H2,52,70)(H2,53,72)(H,58,71)(H,62,67)(H,63,73)(H,64,74)(H,65,76)(H,66,75)(H4,54,55,59)(H4,56,57,60)/t29-,30-,35+,36+,37+,38-,39+/m1/s1. The van der Waals surface area contributed by atoms with Crippen LogP contribution in [0.4, 0.5) is 4.39 Å². The lowest BCUT2D eigenvalue weighted by atomic mass is 9.83. The van der Waals surface area contributed by atoms with E-state index in [0.717, 1.165) is 17.0 Å². The van der Waals surface area contributed by atoms with Crippen molar-refractivity contribution in [1.82, 2.24) is 36.9 Å². The molecule has 1 aliphatic heterocycles. The van der Waals surface area contributed by atoms with Gasteiger partial charge >= 0.3 is 0 Å². The van der Waals surface area contributed by atoms with Gasteiger partial charge in [-0.3, -0.25) is 57.9 Å². The number of aliphatic imine (C=N–C) groups is 2. The maximum absolute atomic E-state index is 15.3. The molecule has 412 valence electrons. The van der Waals surface area contributed by atoms with Crippen LogP contribution in [-0.4, -0.2) is 126 Å². The minimum atomic E-state index is -1.80. The third kappa shape index (κ3) is 20.1. The first-order chi connectivity index (χ1) is 36.1. The van der Waals surface area contributed by atoms with Crippen molar-refractivity contribution in [2.24, 2.45) is 56.2 Å². The minimum absolute atomic E-state index is 0.00203. The molecule has 1 aromatic heterocycles. The van der Waals surface area contributed by atoms with E-state index in [4.69, 9.17) is 34.4 Å². The fraction of sp³-hybridized carbons (Fsp3) is 0.480. The molecule has 25 nitrogen and oxygen atoms in total. The van der Waals surface area contributed by atoms with Crippen LogP contribution in [0.5, 0.6) is 0 Å². The first kappa shape index (κ1) is 60.1. The molecule has 7 atom stereocenters. The van der Waals surface area contributed by atoms with Crippen LogP contribution in [0.15, 0.2) is 64.7 Å². The van der Waals surface area contributed by atoms with Gasteiger partial charge in [0.2, 0.25) is 47.3 Å². The highest BCUT2D eigenvalue weighted by Gasteiger charge is 2.36. The summed E-state index contributed by atoms with van der Waals surface area (Å²) in [5.74, 6) is -11.8. The Bertz CT molecular complexity index is 2630. The van der Waals surface area contributed by atoms with E-state index in [2.05, 4.69) is 46.9 Å². The topological polar surface area (TPSA) is 440 Å². The summed E-state index contributed by atoms with van der Waals surface area (Å²) in [6.45, 7) is 1.19. The largest absolute Gasteiger partial charge is 0.370 e. The quantitative estimate of drug-likeness (QED) is 0.0367. The van der Waals surface area contributed by atoms with E-state index in [1.807, 2.05) is 18.2 Å². The maximum atomic E-state index is 15.3. The van der Waals surface area contributed by atoms with Gasteiger partial charge in [-0.05, 0) is 74.6 Å². The normalized spacial score (nSPS) is 21.1. The number of primary amides is 2. The molecule has 2 heterocycles. The summed E-state index contributed by atoms with van der Waals surface area (Å²) in [7, 11) is 0. The van der Waals surface area contributed by atoms with Gasteiger partial charge < -0.3 is 71.3 Å². The number of nitrogens with one attached hydrogen (secondary N) is 7. The first-order valence-electron chi connectivity index (χ1n) is 24.9. The number of guanidine groups is 2. The number of hydrogen-bond acceptors (Lipinski definition) is 12. The van der Waals surface area contributed by atoms with Crippen molar-refractivity contribution in [2.75, 3.05) is 19.6 Å². The Hall–Kier alpha value is -8.45. The molecule has 0 unspecified atom stereocenters. The number of carbonyl (C=O) groups excluding carboxylic acids is 10. The Morgan fingerprint density at radius 3 is 2.07 bits per heavy atom. The van der Waals surface area contributed by atoms with Crippen LogP contribution in [0.2, 0.25) is 0 Å². The summed E-state index contributed by atoms with van der Waals surface area (Å²) < 4.78 is 15.3. The molecule has 0 radical (unpaired) electrons. The number of nitrogens with two attached hydrogens (primary N) is 6. The van der Waals surface area contributed by atoms with E-state index in [0.29, 0.717) is 5.56 Å². The number of halogens is 1. The summed E-state index contributed by atoms with van der Waals surface area (Å²) in [4.78, 5) is 148. The fourth-order valence-corrected chi connectivity index (χ4v) is 8.66. The number of ketones is 2. The third-order valence-corrected chi connectivity index (χ3v) is 12.6. The van der Waals surface area contributed by atoms with E-state index in [1.165, 1.54) is 25.1 Å². The summed E-state index contributed by atoms with van der Waals surface area (Å²) in [5.41, 5.74) is 34.6. The molecule has 2 aromatic carbocycles. The fourth-order valence-electron chi connectivity index (χ4n) is 8.66. The highest BCUT2D eigenvalue weighted by molar-refractivity contribution is 5.99. The monoisotopic (exact) mass is 1060 g/mol. The summed E-state index contributed by atoms with van der Waals surface area (Å²) >= 11 is 0. The summed E-state index contributed by atoms with van der Waals surface area (Å²) in [6.07, 6.45) is -1.14. The molecule has 4 rings (SSSR count). The van der Waals surface area contributed by atoms with Crippen molar-refractivity contribution in [3.05, 3.63) is 71.7 Å². The first-order valence-corrected chi connectivity index (χ1v) is 24.9. The Morgan fingerprint density at radius 1 is 0.737 bits per heavy atom. The highest BCUT2D eigenvalue weighted by atomic mass is 19.1. The van der Waals surface area contributed by atoms with Gasteiger partial charge in [-0.1, -0.05) is 36.4 Å². The van der Waals surface area contributed by atoms with E-state index < -0.39 is 132 Å². The van der Waals surface area contributed by atoms with E-state index in [-0.39, 0.29) is 94.9 Å². The predicted octanol–water partition coefficient (Wildman–Crippen LogP) is -2.16. The smallest absolute Gasteiger partial charge is 0.243 e. The number of aromatic nitrogens is 1. The van der Waals surface area contributed by atoms with Gasteiger partial charge in [0.05, 0.1) is 12.5 Å². The van der Waals surface area contributed by atoms with Crippen LogP contribution in [0.25, 0.3) is 10.9 Å². The molecule has 0 saturated carbocycles. The number of amides is 8. The van der Waals surface area contributed by atoms with Crippen LogP contribution < -0.4 is 66.3 Å². The Morgan fingerprint density at radius 2 is 1.39 bits per heavy atom. The highest BCUT2D eigenvalue weighted by Crippen LogP contribution is 2.26. The van der Waals surface area contributed by atoms with Crippen molar-refractivity contribution in [2.45, 2.75) is 121 Å². The van der Waals surface area contributed by atoms with E-state index in [1.54, 1.807) is 12.3 Å². The lowest BCUT2D eigenvalue weighted by molar-refractivity contribution is -0.136. The second-order valence-electron chi connectivity index (χ2n) is 18.6. The molecule has 0 bridgehead atoms. The molecular weight excluding hydrogens is 990 g/mol. The van der Waals surface area contributed by atoms with E-state index >= 15 is 4.39 Å². The van der Waals surface area contributed by atoms with Crippen LogP contribution in [0.1, 0.15) is 88.7 Å². The number of nitrogens with zero attached hydrogens (tertiary/aromatic N) is 2. The molecule has 19 N–H and O–H groups in total. The van der Waals surface area contributed by atoms with Crippen LogP contribution in [0.3, 0.4) is 0 Å². The van der Waals surface area contributed by atoms with Crippen LogP contribution in [-0.2, 0) is 60.8 Å². The summed E-state index contributed by atoms with van der Waals surface area (Å²) in [6, 6.07) is 5.14. The van der Waals surface area contributed by atoms with Gasteiger partial charge in [0, 0.05) is 81.2 Å². The number of aromatic amines is 1. The van der Waals surface area contributed by atoms with Crippen LogP contribution >= 0.6 is 0 Å². The SMILES string of the molecule is CC(=O)N[C@@H](CCCN=C(N)N)C(=O)N[C@H]1CCCNC(=O)CC[C@@H](C(N)=O)NC(=O)[C@H](Cc2c[nH]c3ccccc23)CC(=O)[C@H](CCCN=C(N)N)CC(=O)[C@@H](Cc2ccccc2F)NC(=O)[C@H](CC(N)=O)NC1=O. The molecule has 3 aromatic rings. The molecule has 1 fully saturated rings. The Kier molecular flexibility index (Phi) is 23.8. The number of rotatable bonds is 18. The van der Waals surface area contributed by atoms with Crippen molar-refractivity contribution >= 4 is 81.6 Å². The number of Topliss-reactive ketones (excluding diaryl/α,β-unsaturated/α-hetero) is 2. The zero-order chi connectivity index (χ0) is 55.9. The maximum Gasteiger partial charge on any atom is 0.243 e. The molecule has 0 aliphatic carbocycles. The number of hydrogen-bond donors (Lipinski definition) is 13. The minimum Gasteiger partial charge on any atom is -0.370 e. The van der Waals surface area contributed by atoms with Gasteiger partial charge in [0.1, 0.15) is 35.8 Å². The van der Waals surface area contributed by atoms with Crippen molar-refractivity contribution < 1.29 is 52.3 Å². The molecule has 1 saturated heterocycles. The van der Waals surface area contributed by atoms with Crippen molar-refractivity contribution in [3.8, 4) is 0 Å². The molecular formula is C50H70FN15O10. The van der Waals surface area contributed by atoms with Gasteiger partial charge in [0.25, 0.3) is 0 Å². The third-order valence-electron chi connectivity index (χ3n) is 12.6. The van der Waals surface area contributed by atoms with Gasteiger partial charge in [-0.15, -0.1) is 0 Å². The Balaban J connectivity index is 1.79. The molecule has 1 aliphatic rings. The van der Waals surface area contributed by atoms with E-state index in [9.17, 15) is 47.9 Å². The molecule has 8 amide bonds. The molecule has 76 heavy (non-hydrogen) atoms. The lowest BCUT2D eigenvalue weighted by Crippen LogP contribution is -2.58. The van der Waals surface area contributed by atoms with Gasteiger partial charge in [-0.2, -0.15) is 0 Å². The molecule has 0 spiro atoms. The van der Waals surface area contributed by atoms with Crippen LogP contribution in [0, 0.1) is 17.7 Å². The number of para-hydroxylation sites is 1.